The zero-order valence-corrected chi connectivity index (χ0v) is 18.9. The van der Waals surface area contributed by atoms with Crippen LogP contribution in [-0.2, 0) is 16.0 Å². The second-order valence-corrected chi connectivity index (χ2v) is 9.16. The smallest absolute Gasteiger partial charge is 0.260 e. The minimum atomic E-state index is -0.592. The van der Waals surface area contributed by atoms with Crippen molar-refractivity contribution in [2.75, 3.05) is 6.54 Å². The SMILES string of the molecule is Cc1cccc([C@H]2c3cc(O[C@H](C)C(=O)NC(C)C)ccc3CCN2C(=O)C2CC2)c1. The number of benzene rings is 2. The van der Waals surface area contributed by atoms with E-state index in [-0.39, 0.29) is 29.8 Å². The summed E-state index contributed by atoms with van der Waals surface area (Å²) in [6.45, 7) is 8.43. The van der Waals surface area contributed by atoms with Gasteiger partial charge in [0, 0.05) is 18.5 Å². The van der Waals surface area contributed by atoms with Gasteiger partial charge in [-0.3, -0.25) is 9.59 Å². The lowest BCUT2D eigenvalue weighted by Crippen LogP contribution is -2.41. The van der Waals surface area contributed by atoms with Crippen molar-refractivity contribution in [2.24, 2.45) is 5.92 Å². The van der Waals surface area contributed by atoms with Crippen LogP contribution in [0.3, 0.4) is 0 Å². The van der Waals surface area contributed by atoms with Gasteiger partial charge >= 0.3 is 0 Å². The number of hydrogen-bond donors (Lipinski definition) is 1. The van der Waals surface area contributed by atoms with Gasteiger partial charge in [0.2, 0.25) is 5.91 Å². The zero-order chi connectivity index (χ0) is 22.1. The molecule has 2 amide bonds. The Balaban J connectivity index is 1.67. The highest BCUT2D eigenvalue weighted by molar-refractivity contribution is 5.82. The van der Waals surface area contributed by atoms with Crippen molar-refractivity contribution >= 4 is 11.8 Å². The molecule has 31 heavy (non-hydrogen) atoms. The summed E-state index contributed by atoms with van der Waals surface area (Å²) in [6.07, 6.45) is 2.23. The lowest BCUT2D eigenvalue weighted by Gasteiger charge is -2.38. The predicted molar refractivity (Wildman–Crippen MR) is 121 cm³/mol. The summed E-state index contributed by atoms with van der Waals surface area (Å²) in [6, 6.07) is 14.4. The fourth-order valence-corrected chi connectivity index (χ4v) is 4.33. The van der Waals surface area contributed by atoms with Crippen LogP contribution in [0.25, 0.3) is 0 Å². The van der Waals surface area contributed by atoms with Gasteiger partial charge in [0.15, 0.2) is 6.10 Å². The average Bonchev–Trinajstić information content (AvgIpc) is 3.57. The second-order valence-electron chi connectivity index (χ2n) is 9.16. The molecule has 4 rings (SSSR count). The van der Waals surface area contributed by atoms with E-state index in [1.54, 1.807) is 6.92 Å². The third-order valence-electron chi connectivity index (χ3n) is 6.03. The van der Waals surface area contributed by atoms with Crippen LogP contribution in [0, 0.1) is 12.8 Å². The third-order valence-corrected chi connectivity index (χ3v) is 6.03. The highest BCUT2D eigenvalue weighted by Crippen LogP contribution is 2.41. The zero-order valence-electron chi connectivity index (χ0n) is 18.9. The Hall–Kier alpha value is -2.82. The molecule has 5 nitrogen and oxygen atoms in total. The summed E-state index contributed by atoms with van der Waals surface area (Å²) in [7, 11) is 0. The summed E-state index contributed by atoms with van der Waals surface area (Å²) < 4.78 is 5.99. The molecule has 164 valence electrons. The number of aryl methyl sites for hydroxylation is 1. The monoisotopic (exact) mass is 420 g/mol. The number of ether oxygens (including phenoxy) is 1. The van der Waals surface area contributed by atoms with Gasteiger partial charge < -0.3 is 15.0 Å². The molecule has 2 aromatic carbocycles. The molecule has 5 heteroatoms. The van der Waals surface area contributed by atoms with E-state index in [2.05, 4.69) is 42.6 Å². The second kappa shape index (κ2) is 8.74. The molecule has 0 unspecified atom stereocenters. The van der Waals surface area contributed by atoms with Crippen LogP contribution >= 0.6 is 0 Å². The molecule has 1 N–H and O–H groups in total. The Morgan fingerprint density at radius 1 is 1.10 bits per heavy atom. The maximum absolute atomic E-state index is 13.1. The summed E-state index contributed by atoms with van der Waals surface area (Å²) in [4.78, 5) is 27.5. The maximum atomic E-state index is 13.1. The Kier molecular flexibility index (Phi) is 6.03. The van der Waals surface area contributed by atoms with Gasteiger partial charge in [0.25, 0.3) is 5.91 Å². The molecule has 2 atom stereocenters. The molecule has 0 spiro atoms. The number of hydrogen-bond acceptors (Lipinski definition) is 3. The Morgan fingerprint density at radius 2 is 1.87 bits per heavy atom. The van der Waals surface area contributed by atoms with Crippen LogP contribution in [0.15, 0.2) is 42.5 Å². The van der Waals surface area contributed by atoms with Gasteiger partial charge in [-0.2, -0.15) is 0 Å². The lowest BCUT2D eigenvalue weighted by molar-refractivity contribution is -0.134. The number of rotatable bonds is 6. The van der Waals surface area contributed by atoms with Gasteiger partial charge in [0.05, 0.1) is 6.04 Å². The summed E-state index contributed by atoms with van der Waals surface area (Å²) >= 11 is 0. The normalized spacial score (nSPS) is 19.0. The highest BCUT2D eigenvalue weighted by atomic mass is 16.5. The van der Waals surface area contributed by atoms with Crippen LogP contribution in [0.5, 0.6) is 5.75 Å². The number of amides is 2. The standard InChI is InChI=1S/C26H32N2O3/c1-16(2)27-25(29)18(4)31-22-11-10-19-12-13-28(26(30)20-8-9-20)24(23(19)15-22)21-7-5-6-17(3)14-21/h5-7,10-11,14-16,18,20,24H,8-9,12-13H2,1-4H3,(H,27,29)/t18-,24+/m1/s1. The molecule has 1 aliphatic heterocycles. The van der Waals surface area contributed by atoms with Gasteiger partial charge in [-0.1, -0.05) is 35.9 Å². The molecule has 0 bridgehead atoms. The van der Waals surface area contributed by atoms with Crippen LogP contribution in [0.2, 0.25) is 0 Å². The van der Waals surface area contributed by atoms with Gasteiger partial charge in [-0.25, -0.2) is 0 Å². The molecular weight excluding hydrogens is 388 g/mol. The molecule has 1 fully saturated rings. The molecule has 1 aliphatic carbocycles. The van der Waals surface area contributed by atoms with E-state index in [1.165, 1.54) is 11.1 Å². The molecule has 2 aromatic rings. The molecule has 1 saturated carbocycles. The van der Waals surface area contributed by atoms with Crippen molar-refractivity contribution in [3.63, 3.8) is 0 Å². The lowest BCUT2D eigenvalue weighted by atomic mass is 9.87. The largest absolute Gasteiger partial charge is 0.481 e. The van der Waals surface area contributed by atoms with Crippen molar-refractivity contribution in [2.45, 2.75) is 65.1 Å². The first kappa shape index (κ1) is 21.4. The van der Waals surface area contributed by atoms with Crippen molar-refractivity contribution in [3.05, 3.63) is 64.7 Å². The van der Waals surface area contributed by atoms with Gasteiger partial charge in [-0.15, -0.1) is 0 Å². The van der Waals surface area contributed by atoms with E-state index < -0.39 is 6.10 Å². The van der Waals surface area contributed by atoms with Crippen molar-refractivity contribution in [3.8, 4) is 5.75 Å². The predicted octanol–water partition coefficient (Wildman–Crippen LogP) is 4.17. The molecule has 0 radical (unpaired) electrons. The Labute approximate surface area is 184 Å². The van der Waals surface area contributed by atoms with Crippen LogP contribution < -0.4 is 10.1 Å². The van der Waals surface area contributed by atoms with Gasteiger partial charge in [-0.05, 0) is 75.8 Å². The Morgan fingerprint density at radius 3 is 2.55 bits per heavy atom. The molecule has 0 aromatic heterocycles. The van der Waals surface area contributed by atoms with Crippen LogP contribution in [-0.4, -0.2) is 35.4 Å². The van der Waals surface area contributed by atoms with Crippen molar-refractivity contribution in [1.29, 1.82) is 0 Å². The van der Waals surface area contributed by atoms with E-state index in [1.807, 2.05) is 30.9 Å². The Bertz CT molecular complexity index is 980. The fourth-order valence-electron chi connectivity index (χ4n) is 4.33. The van der Waals surface area contributed by atoms with E-state index >= 15 is 0 Å². The fraction of sp³-hybridized carbons (Fsp3) is 0.462. The minimum absolute atomic E-state index is 0.0646. The molecular formula is C26H32N2O3. The van der Waals surface area contributed by atoms with E-state index in [9.17, 15) is 9.59 Å². The maximum Gasteiger partial charge on any atom is 0.260 e. The number of fused-ring (bicyclic) bond motifs is 1. The number of nitrogens with zero attached hydrogens (tertiary/aromatic N) is 1. The van der Waals surface area contributed by atoms with Crippen molar-refractivity contribution in [1.82, 2.24) is 10.2 Å². The summed E-state index contributed by atoms with van der Waals surface area (Å²) in [5, 5.41) is 2.89. The van der Waals surface area contributed by atoms with Crippen molar-refractivity contribution < 1.29 is 14.3 Å². The number of carbonyl (C=O) groups is 2. The highest BCUT2D eigenvalue weighted by Gasteiger charge is 2.39. The van der Waals surface area contributed by atoms with Gasteiger partial charge in [0.1, 0.15) is 5.75 Å². The molecule has 0 saturated heterocycles. The summed E-state index contributed by atoms with van der Waals surface area (Å²) in [5.41, 5.74) is 4.63. The quantitative estimate of drug-likeness (QED) is 0.763. The van der Waals surface area contributed by atoms with Crippen LogP contribution in [0.4, 0.5) is 0 Å². The first-order chi connectivity index (χ1) is 14.8. The van der Waals surface area contributed by atoms with E-state index in [4.69, 9.17) is 4.74 Å². The van der Waals surface area contributed by atoms with E-state index in [0.717, 1.165) is 36.9 Å². The van der Waals surface area contributed by atoms with E-state index in [0.29, 0.717) is 5.75 Å². The molecule has 2 aliphatic rings. The minimum Gasteiger partial charge on any atom is -0.481 e. The topological polar surface area (TPSA) is 58.6 Å². The van der Waals surface area contributed by atoms with Crippen LogP contribution in [0.1, 0.15) is 61.9 Å². The first-order valence-electron chi connectivity index (χ1n) is 11.3. The molecule has 1 heterocycles. The number of nitrogens with one attached hydrogen (secondary N) is 1. The summed E-state index contributed by atoms with van der Waals surface area (Å²) in [5.74, 6) is 0.957. The number of carbonyl (C=O) groups excluding carboxylic acids is 2. The first-order valence-corrected chi connectivity index (χ1v) is 11.3. The average molecular weight is 421 g/mol. The third kappa shape index (κ3) is 4.76.